The summed E-state index contributed by atoms with van der Waals surface area (Å²) in [5.41, 5.74) is 5.73. The number of nitrogens with one attached hydrogen (secondary N) is 1. The van der Waals surface area contributed by atoms with Crippen LogP contribution in [0, 0.1) is 0 Å². The molecule has 13 heavy (non-hydrogen) atoms. The van der Waals surface area contributed by atoms with Gasteiger partial charge in [0, 0.05) is 23.9 Å². The molecule has 0 aromatic rings. The Bertz CT molecular complexity index is 151. The van der Waals surface area contributed by atoms with Crippen molar-refractivity contribution in [3.05, 3.63) is 0 Å². The highest BCUT2D eigenvalue weighted by molar-refractivity contribution is 7.99. The molecule has 0 aromatic carbocycles. The number of hydrogen-bond acceptors (Lipinski definition) is 3. The SMILES string of the molecule is NC1CC(NCC2CCCCS2)C1. The lowest BCUT2D eigenvalue weighted by atomic mass is 9.87. The standard InChI is InChI=1S/C10H20N2S/c11-8-5-9(6-8)12-7-10-3-1-2-4-13-10/h8-10,12H,1-7,11H2. The van der Waals surface area contributed by atoms with Crippen LogP contribution in [0.15, 0.2) is 0 Å². The van der Waals surface area contributed by atoms with E-state index in [9.17, 15) is 0 Å². The first-order valence-electron chi connectivity index (χ1n) is 5.45. The van der Waals surface area contributed by atoms with Crippen LogP contribution in [0.3, 0.4) is 0 Å². The van der Waals surface area contributed by atoms with Gasteiger partial charge in [0.15, 0.2) is 0 Å². The molecular weight excluding hydrogens is 180 g/mol. The maximum Gasteiger partial charge on any atom is 0.0172 e. The highest BCUT2D eigenvalue weighted by atomic mass is 32.2. The molecular formula is C10H20N2S. The van der Waals surface area contributed by atoms with Crippen molar-refractivity contribution in [3.63, 3.8) is 0 Å². The molecule has 0 amide bonds. The first-order chi connectivity index (χ1) is 6.34. The van der Waals surface area contributed by atoms with Crippen LogP contribution in [0.4, 0.5) is 0 Å². The van der Waals surface area contributed by atoms with Crippen LogP contribution in [-0.2, 0) is 0 Å². The molecule has 1 aliphatic carbocycles. The van der Waals surface area contributed by atoms with Gasteiger partial charge in [0.05, 0.1) is 0 Å². The summed E-state index contributed by atoms with van der Waals surface area (Å²) in [6.07, 6.45) is 6.66. The molecule has 2 rings (SSSR count). The minimum absolute atomic E-state index is 0.483. The number of hydrogen-bond donors (Lipinski definition) is 2. The van der Waals surface area contributed by atoms with Gasteiger partial charge in [-0.25, -0.2) is 0 Å². The number of rotatable bonds is 3. The molecule has 1 saturated heterocycles. The van der Waals surface area contributed by atoms with Gasteiger partial charge < -0.3 is 11.1 Å². The van der Waals surface area contributed by atoms with Gasteiger partial charge in [-0.05, 0) is 31.4 Å². The van der Waals surface area contributed by atoms with E-state index in [0.717, 1.165) is 11.3 Å². The van der Waals surface area contributed by atoms with Crippen LogP contribution < -0.4 is 11.1 Å². The van der Waals surface area contributed by atoms with Gasteiger partial charge in [0.1, 0.15) is 0 Å². The van der Waals surface area contributed by atoms with Crippen LogP contribution in [-0.4, -0.2) is 29.6 Å². The summed E-state index contributed by atoms with van der Waals surface area (Å²) in [5.74, 6) is 1.37. The van der Waals surface area contributed by atoms with Crippen LogP contribution in [0.25, 0.3) is 0 Å². The van der Waals surface area contributed by atoms with Gasteiger partial charge in [-0.3, -0.25) is 0 Å². The third-order valence-corrected chi connectivity index (χ3v) is 4.48. The Morgan fingerprint density at radius 2 is 2.15 bits per heavy atom. The predicted octanol–water partition coefficient (Wildman–Crippen LogP) is 1.35. The molecule has 0 bridgehead atoms. The lowest BCUT2D eigenvalue weighted by Gasteiger charge is -2.34. The first kappa shape index (κ1) is 9.81. The van der Waals surface area contributed by atoms with Gasteiger partial charge >= 0.3 is 0 Å². The van der Waals surface area contributed by atoms with Crippen LogP contribution >= 0.6 is 11.8 Å². The summed E-state index contributed by atoms with van der Waals surface area (Å²) >= 11 is 2.15. The van der Waals surface area contributed by atoms with Crippen molar-refractivity contribution < 1.29 is 0 Å². The van der Waals surface area contributed by atoms with Gasteiger partial charge in [0.25, 0.3) is 0 Å². The third kappa shape index (κ3) is 2.86. The van der Waals surface area contributed by atoms with Gasteiger partial charge in [-0.15, -0.1) is 0 Å². The van der Waals surface area contributed by atoms with Crippen LogP contribution in [0.5, 0.6) is 0 Å². The maximum atomic E-state index is 5.73. The normalized spacial score (nSPS) is 39.9. The van der Waals surface area contributed by atoms with E-state index in [0.29, 0.717) is 6.04 Å². The van der Waals surface area contributed by atoms with Crippen LogP contribution in [0.1, 0.15) is 32.1 Å². The molecule has 1 aliphatic heterocycles. The Hall–Kier alpha value is 0.270. The fourth-order valence-corrected chi connectivity index (χ4v) is 3.35. The Morgan fingerprint density at radius 3 is 2.77 bits per heavy atom. The second-order valence-electron chi connectivity index (χ2n) is 4.33. The zero-order chi connectivity index (χ0) is 9.10. The fraction of sp³-hybridized carbons (Fsp3) is 1.00. The summed E-state index contributed by atoms with van der Waals surface area (Å²) in [6.45, 7) is 1.21. The zero-order valence-electron chi connectivity index (χ0n) is 8.17. The minimum atomic E-state index is 0.483. The van der Waals surface area contributed by atoms with E-state index >= 15 is 0 Å². The summed E-state index contributed by atoms with van der Waals surface area (Å²) < 4.78 is 0. The van der Waals surface area contributed by atoms with Crippen LogP contribution in [0.2, 0.25) is 0 Å². The Kier molecular flexibility index (Phi) is 3.52. The van der Waals surface area contributed by atoms with E-state index in [1.165, 1.54) is 44.4 Å². The lowest BCUT2D eigenvalue weighted by Crippen LogP contribution is -2.50. The average molecular weight is 200 g/mol. The van der Waals surface area contributed by atoms with E-state index < -0.39 is 0 Å². The molecule has 1 atom stereocenters. The predicted molar refractivity (Wildman–Crippen MR) is 59.1 cm³/mol. The summed E-state index contributed by atoms with van der Waals surface area (Å²) in [5, 5.41) is 4.50. The highest BCUT2D eigenvalue weighted by Gasteiger charge is 2.26. The van der Waals surface area contributed by atoms with Gasteiger partial charge in [-0.1, -0.05) is 6.42 Å². The Morgan fingerprint density at radius 1 is 1.31 bits per heavy atom. The molecule has 0 radical (unpaired) electrons. The topological polar surface area (TPSA) is 38.0 Å². The quantitative estimate of drug-likeness (QED) is 0.722. The molecule has 3 N–H and O–H groups in total. The average Bonchev–Trinajstić information content (AvgIpc) is 2.12. The van der Waals surface area contributed by atoms with E-state index in [2.05, 4.69) is 17.1 Å². The third-order valence-electron chi connectivity index (χ3n) is 3.08. The van der Waals surface area contributed by atoms with Crippen molar-refractivity contribution in [2.75, 3.05) is 12.3 Å². The molecule has 2 nitrogen and oxygen atoms in total. The monoisotopic (exact) mass is 200 g/mol. The van der Waals surface area contributed by atoms with Crippen molar-refractivity contribution in [3.8, 4) is 0 Å². The molecule has 1 saturated carbocycles. The van der Waals surface area contributed by atoms with E-state index in [-0.39, 0.29) is 0 Å². The molecule has 1 unspecified atom stereocenters. The van der Waals surface area contributed by atoms with Crippen molar-refractivity contribution in [1.29, 1.82) is 0 Å². The molecule has 1 heterocycles. The van der Waals surface area contributed by atoms with Crippen molar-refractivity contribution in [2.24, 2.45) is 5.73 Å². The number of nitrogens with two attached hydrogens (primary N) is 1. The smallest absolute Gasteiger partial charge is 0.0172 e. The van der Waals surface area contributed by atoms with Gasteiger partial charge in [0.2, 0.25) is 0 Å². The summed E-state index contributed by atoms with van der Waals surface area (Å²) in [6, 6.07) is 1.22. The van der Waals surface area contributed by atoms with E-state index in [4.69, 9.17) is 5.73 Å². The molecule has 0 aromatic heterocycles. The largest absolute Gasteiger partial charge is 0.328 e. The van der Waals surface area contributed by atoms with Gasteiger partial charge in [-0.2, -0.15) is 11.8 Å². The minimum Gasteiger partial charge on any atom is -0.328 e. The van der Waals surface area contributed by atoms with Crippen molar-refractivity contribution >= 4 is 11.8 Å². The Balaban J connectivity index is 1.56. The molecule has 3 heteroatoms. The molecule has 76 valence electrons. The molecule has 0 spiro atoms. The maximum absolute atomic E-state index is 5.73. The summed E-state index contributed by atoms with van der Waals surface area (Å²) in [4.78, 5) is 0. The molecule has 2 fully saturated rings. The van der Waals surface area contributed by atoms with E-state index in [1.807, 2.05) is 0 Å². The fourth-order valence-electron chi connectivity index (χ4n) is 2.10. The van der Waals surface area contributed by atoms with Crippen molar-refractivity contribution in [1.82, 2.24) is 5.32 Å². The highest BCUT2D eigenvalue weighted by Crippen LogP contribution is 2.25. The zero-order valence-corrected chi connectivity index (χ0v) is 8.98. The summed E-state index contributed by atoms with van der Waals surface area (Å²) in [7, 11) is 0. The molecule has 2 aliphatic rings. The first-order valence-corrected chi connectivity index (χ1v) is 6.50. The van der Waals surface area contributed by atoms with E-state index in [1.54, 1.807) is 0 Å². The second kappa shape index (κ2) is 4.67. The lowest BCUT2D eigenvalue weighted by molar-refractivity contribution is 0.291. The number of thioether (sulfide) groups is 1. The second-order valence-corrected chi connectivity index (χ2v) is 5.73. The van der Waals surface area contributed by atoms with Crippen molar-refractivity contribution in [2.45, 2.75) is 49.4 Å². The Labute approximate surface area is 85.0 Å².